The van der Waals surface area contributed by atoms with Gasteiger partial charge < -0.3 is 4.90 Å². The van der Waals surface area contributed by atoms with Crippen LogP contribution in [0.1, 0.15) is 29.8 Å². The molecule has 0 fully saturated rings. The first-order valence-corrected chi connectivity index (χ1v) is 5.07. The maximum Gasteiger partial charge on any atom is 0.254 e. The van der Waals surface area contributed by atoms with Gasteiger partial charge in [0, 0.05) is 23.2 Å². The van der Waals surface area contributed by atoms with Crippen molar-refractivity contribution < 1.29 is 4.79 Å². The molecule has 3 heteroatoms. The molecule has 0 N–H and O–H groups in total. The van der Waals surface area contributed by atoms with Crippen LogP contribution in [0, 0.1) is 0 Å². The first kappa shape index (κ1) is 9.53. The van der Waals surface area contributed by atoms with Crippen molar-refractivity contribution in [2.45, 2.75) is 26.4 Å². The molecule has 1 aliphatic rings. The number of carbonyl (C=O) groups excluding carboxylic acids is 1. The number of hydrogen-bond acceptors (Lipinski definition) is 1. The van der Waals surface area contributed by atoms with Crippen molar-refractivity contribution in [3.63, 3.8) is 0 Å². The predicted octanol–water partition coefficient (Wildman–Crippen LogP) is 2.70. The van der Waals surface area contributed by atoms with E-state index in [1.165, 1.54) is 0 Å². The van der Waals surface area contributed by atoms with Crippen molar-refractivity contribution in [2.75, 3.05) is 0 Å². The summed E-state index contributed by atoms with van der Waals surface area (Å²) in [5.41, 5.74) is 1.83. The zero-order chi connectivity index (χ0) is 10.3. The molecule has 1 aromatic carbocycles. The van der Waals surface area contributed by atoms with Crippen molar-refractivity contribution in [1.82, 2.24) is 4.90 Å². The molecule has 1 heterocycles. The molecule has 0 unspecified atom stereocenters. The highest BCUT2D eigenvalue weighted by Gasteiger charge is 2.28. The number of fused-ring (bicyclic) bond motifs is 1. The summed E-state index contributed by atoms with van der Waals surface area (Å²) in [6, 6.07) is 5.76. The Bertz CT molecular complexity index is 387. The second kappa shape index (κ2) is 3.28. The summed E-state index contributed by atoms with van der Waals surface area (Å²) in [7, 11) is 0. The predicted molar refractivity (Wildman–Crippen MR) is 56.5 cm³/mol. The van der Waals surface area contributed by atoms with E-state index in [9.17, 15) is 4.79 Å². The van der Waals surface area contributed by atoms with Gasteiger partial charge in [-0.25, -0.2) is 0 Å². The first-order chi connectivity index (χ1) is 6.59. The molecule has 0 aromatic heterocycles. The molecule has 0 atom stereocenters. The van der Waals surface area contributed by atoms with E-state index in [-0.39, 0.29) is 11.9 Å². The second-order valence-electron chi connectivity index (χ2n) is 3.83. The normalized spacial score (nSPS) is 15.1. The number of carbonyl (C=O) groups is 1. The third kappa shape index (κ3) is 1.40. The van der Waals surface area contributed by atoms with Crippen LogP contribution in [-0.2, 0) is 6.54 Å². The summed E-state index contributed by atoms with van der Waals surface area (Å²) in [6.45, 7) is 4.75. The van der Waals surface area contributed by atoms with Crippen LogP contribution in [0.15, 0.2) is 18.2 Å². The SMILES string of the molecule is CC(C)N1Cc2ccc(Cl)cc2C1=O. The van der Waals surface area contributed by atoms with Gasteiger partial charge >= 0.3 is 0 Å². The van der Waals surface area contributed by atoms with Crippen LogP contribution in [0.25, 0.3) is 0 Å². The lowest BCUT2D eigenvalue weighted by atomic mass is 10.1. The molecule has 0 aliphatic carbocycles. The van der Waals surface area contributed by atoms with Crippen molar-refractivity contribution in [3.8, 4) is 0 Å². The Morgan fingerprint density at radius 2 is 2.14 bits per heavy atom. The first-order valence-electron chi connectivity index (χ1n) is 4.69. The van der Waals surface area contributed by atoms with Crippen LogP contribution >= 0.6 is 11.6 Å². The monoisotopic (exact) mass is 209 g/mol. The number of halogens is 1. The Morgan fingerprint density at radius 1 is 1.43 bits per heavy atom. The molecule has 0 bridgehead atoms. The molecule has 0 saturated carbocycles. The quantitative estimate of drug-likeness (QED) is 0.697. The fourth-order valence-electron chi connectivity index (χ4n) is 1.71. The largest absolute Gasteiger partial charge is 0.332 e. The van der Waals surface area contributed by atoms with Crippen molar-refractivity contribution >= 4 is 17.5 Å². The lowest BCUT2D eigenvalue weighted by Gasteiger charge is -2.19. The highest BCUT2D eigenvalue weighted by atomic mass is 35.5. The van der Waals surface area contributed by atoms with E-state index in [0.717, 1.165) is 11.1 Å². The lowest BCUT2D eigenvalue weighted by molar-refractivity contribution is 0.0730. The Balaban J connectivity index is 2.41. The smallest absolute Gasteiger partial charge is 0.254 e. The Labute approximate surface area is 88.5 Å². The molecule has 74 valence electrons. The Morgan fingerprint density at radius 3 is 2.79 bits per heavy atom. The fourth-order valence-corrected chi connectivity index (χ4v) is 1.88. The topological polar surface area (TPSA) is 20.3 Å². The van der Waals surface area contributed by atoms with Crippen LogP contribution in [0.4, 0.5) is 0 Å². The maximum absolute atomic E-state index is 11.9. The molecule has 1 amide bonds. The van der Waals surface area contributed by atoms with Crippen molar-refractivity contribution in [1.29, 1.82) is 0 Å². The third-order valence-electron chi connectivity index (χ3n) is 2.53. The summed E-state index contributed by atoms with van der Waals surface area (Å²) in [5.74, 6) is 0.0949. The van der Waals surface area contributed by atoms with Gasteiger partial charge in [0.15, 0.2) is 0 Å². The minimum Gasteiger partial charge on any atom is -0.332 e. The van der Waals surface area contributed by atoms with Gasteiger partial charge in [-0.3, -0.25) is 4.79 Å². The molecular weight excluding hydrogens is 198 g/mol. The van der Waals surface area contributed by atoms with E-state index in [1.54, 1.807) is 6.07 Å². The van der Waals surface area contributed by atoms with Crippen molar-refractivity contribution in [2.24, 2.45) is 0 Å². The zero-order valence-corrected chi connectivity index (χ0v) is 9.01. The highest BCUT2D eigenvalue weighted by Crippen LogP contribution is 2.26. The average Bonchev–Trinajstić information content (AvgIpc) is 2.44. The van der Waals surface area contributed by atoms with Crippen LogP contribution in [-0.4, -0.2) is 16.8 Å². The molecule has 1 aliphatic heterocycles. The van der Waals surface area contributed by atoms with E-state index in [4.69, 9.17) is 11.6 Å². The van der Waals surface area contributed by atoms with Gasteiger partial charge in [-0.2, -0.15) is 0 Å². The van der Waals surface area contributed by atoms with Gasteiger partial charge in [0.1, 0.15) is 0 Å². The molecule has 0 saturated heterocycles. The number of hydrogen-bond donors (Lipinski definition) is 0. The molecule has 0 radical (unpaired) electrons. The van der Waals surface area contributed by atoms with Crippen LogP contribution < -0.4 is 0 Å². The van der Waals surface area contributed by atoms with Crippen molar-refractivity contribution in [3.05, 3.63) is 34.3 Å². The van der Waals surface area contributed by atoms with Gasteiger partial charge in [0.25, 0.3) is 5.91 Å². The van der Waals surface area contributed by atoms with E-state index in [2.05, 4.69) is 0 Å². The summed E-state index contributed by atoms with van der Waals surface area (Å²) < 4.78 is 0. The van der Waals surface area contributed by atoms with Gasteiger partial charge in [-0.15, -0.1) is 0 Å². The van der Waals surface area contributed by atoms with Gasteiger partial charge in [-0.05, 0) is 31.5 Å². The molecule has 14 heavy (non-hydrogen) atoms. The van der Waals surface area contributed by atoms with Crippen LogP contribution in [0.2, 0.25) is 5.02 Å². The molecular formula is C11H12ClNO. The van der Waals surface area contributed by atoms with Crippen LogP contribution in [0.5, 0.6) is 0 Å². The van der Waals surface area contributed by atoms with Crippen LogP contribution in [0.3, 0.4) is 0 Å². The van der Waals surface area contributed by atoms with E-state index >= 15 is 0 Å². The number of nitrogens with zero attached hydrogens (tertiary/aromatic N) is 1. The number of rotatable bonds is 1. The summed E-state index contributed by atoms with van der Waals surface area (Å²) >= 11 is 5.85. The maximum atomic E-state index is 11.9. The zero-order valence-electron chi connectivity index (χ0n) is 8.25. The summed E-state index contributed by atoms with van der Waals surface area (Å²) in [6.07, 6.45) is 0. The molecule has 1 aromatic rings. The molecule has 0 spiro atoms. The standard InChI is InChI=1S/C11H12ClNO/c1-7(2)13-6-8-3-4-9(12)5-10(8)11(13)14/h3-5,7H,6H2,1-2H3. The number of benzene rings is 1. The van der Waals surface area contributed by atoms with E-state index in [1.807, 2.05) is 30.9 Å². The Hall–Kier alpha value is -1.02. The minimum absolute atomic E-state index is 0.0949. The van der Waals surface area contributed by atoms with Gasteiger partial charge in [0.2, 0.25) is 0 Å². The third-order valence-corrected chi connectivity index (χ3v) is 2.76. The highest BCUT2D eigenvalue weighted by molar-refractivity contribution is 6.31. The van der Waals surface area contributed by atoms with Gasteiger partial charge in [-0.1, -0.05) is 17.7 Å². The second-order valence-corrected chi connectivity index (χ2v) is 4.26. The van der Waals surface area contributed by atoms with Gasteiger partial charge in [0.05, 0.1) is 0 Å². The summed E-state index contributed by atoms with van der Waals surface area (Å²) in [4.78, 5) is 13.7. The average molecular weight is 210 g/mol. The number of amides is 1. The molecule has 2 rings (SSSR count). The fraction of sp³-hybridized carbons (Fsp3) is 0.364. The minimum atomic E-state index is 0.0949. The summed E-state index contributed by atoms with van der Waals surface area (Å²) in [5, 5.41) is 0.628. The molecule has 2 nitrogen and oxygen atoms in total. The Kier molecular flexibility index (Phi) is 2.23. The van der Waals surface area contributed by atoms with E-state index < -0.39 is 0 Å². The van der Waals surface area contributed by atoms with E-state index in [0.29, 0.717) is 11.6 Å². The lowest BCUT2D eigenvalue weighted by Crippen LogP contribution is -2.30.